The molecule has 84 valence electrons. The van der Waals surface area contributed by atoms with E-state index in [1.165, 1.54) is 6.92 Å². The third-order valence-electron chi connectivity index (χ3n) is 1.65. The van der Waals surface area contributed by atoms with Gasteiger partial charge in [0.15, 0.2) is 11.9 Å². The highest BCUT2D eigenvalue weighted by molar-refractivity contribution is 5.99. The van der Waals surface area contributed by atoms with Crippen LogP contribution >= 0.6 is 0 Å². The van der Waals surface area contributed by atoms with E-state index in [-0.39, 0.29) is 12.0 Å². The number of aliphatic carboxylic acids is 1. The molecule has 1 unspecified atom stereocenters. The zero-order valence-corrected chi connectivity index (χ0v) is 8.78. The molecule has 0 aromatic carbocycles. The Labute approximate surface area is 87.7 Å². The molecule has 0 aromatic heterocycles. The van der Waals surface area contributed by atoms with Gasteiger partial charge < -0.3 is 9.84 Å². The fourth-order valence-electron chi connectivity index (χ4n) is 0.869. The number of ketones is 1. The van der Waals surface area contributed by atoms with Crippen molar-refractivity contribution in [3.63, 3.8) is 0 Å². The summed E-state index contributed by atoms with van der Waals surface area (Å²) in [5, 5.41) is 8.39. The Morgan fingerprint density at radius 3 is 2.27 bits per heavy atom. The van der Waals surface area contributed by atoms with E-state index < -0.39 is 30.2 Å². The SMILES string of the molecule is C=C(C)C(=O)OC(CC)C(=O)CC(=O)O. The molecular formula is C10H14O5. The number of rotatable bonds is 6. The Bertz CT molecular complexity index is 292. The lowest BCUT2D eigenvalue weighted by atomic mass is 10.1. The van der Waals surface area contributed by atoms with Gasteiger partial charge in [0.25, 0.3) is 0 Å². The molecule has 0 aromatic rings. The fraction of sp³-hybridized carbons (Fsp3) is 0.500. The van der Waals surface area contributed by atoms with Gasteiger partial charge in [-0.15, -0.1) is 0 Å². The zero-order chi connectivity index (χ0) is 12.0. The van der Waals surface area contributed by atoms with Crippen molar-refractivity contribution >= 4 is 17.7 Å². The van der Waals surface area contributed by atoms with Crippen molar-refractivity contribution in [2.75, 3.05) is 0 Å². The van der Waals surface area contributed by atoms with E-state index in [1.807, 2.05) is 0 Å². The largest absolute Gasteiger partial charge is 0.481 e. The van der Waals surface area contributed by atoms with Crippen LogP contribution in [0.25, 0.3) is 0 Å². The maximum atomic E-state index is 11.3. The third kappa shape index (κ3) is 4.95. The predicted octanol–water partition coefficient (Wildman–Crippen LogP) is 0.928. The minimum atomic E-state index is -1.23. The summed E-state index contributed by atoms with van der Waals surface area (Å²) >= 11 is 0. The number of ether oxygens (including phenoxy) is 1. The second kappa shape index (κ2) is 5.95. The van der Waals surface area contributed by atoms with Crippen LogP contribution in [-0.2, 0) is 19.1 Å². The average Bonchev–Trinajstić information content (AvgIpc) is 2.11. The van der Waals surface area contributed by atoms with Gasteiger partial charge in [-0.05, 0) is 13.3 Å². The highest BCUT2D eigenvalue weighted by Gasteiger charge is 2.23. The molecule has 1 atom stereocenters. The molecule has 0 saturated heterocycles. The molecule has 0 bridgehead atoms. The van der Waals surface area contributed by atoms with E-state index in [9.17, 15) is 14.4 Å². The molecule has 0 spiro atoms. The van der Waals surface area contributed by atoms with Crippen LogP contribution < -0.4 is 0 Å². The Kier molecular flexibility index (Phi) is 5.30. The van der Waals surface area contributed by atoms with E-state index >= 15 is 0 Å². The van der Waals surface area contributed by atoms with Crippen LogP contribution in [0.5, 0.6) is 0 Å². The zero-order valence-electron chi connectivity index (χ0n) is 8.78. The first kappa shape index (κ1) is 13.4. The van der Waals surface area contributed by atoms with Gasteiger partial charge in [0.1, 0.15) is 6.42 Å². The summed E-state index contributed by atoms with van der Waals surface area (Å²) in [7, 11) is 0. The van der Waals surface area contributed by atoms with Crippen molar-refractivity contribution < 1.29 is 24.2 Å². The number of carboxylic acids is 1. The number of hydrogen-bond acceptors (Lipinski definition) is 4. The molecule has 0 aliphatic rings. The lowest BCUT2D eigenvalue weighted by Gasteiger charge is -2.13. The molecule has 0 heterocycles. The second-order valence-corrected chi connectivity index (χ2v) is 3.12. The number of carbonyl (C=O) groups excluding carboxylic acids is 2. The normalized spacial score (nSPS) is 11.6. The smallest absolute Gasteiger partial charge is 0.333 e. The molecule has 0 aliphatic heterocycles. The minimum Gasteiger partial charge on any atom is -0.481 e. The van der Waals surface area contributed by atoms with Crippen molar-refractivity contribution in [2.45, 2.75) is 32.8 Å². The summed E-state index contributed by atoms with van der Waals surface area (Å²) in [6.07, 6.45) is -1.38. The fourth-order valence-corrected chi connectivity index (χ4v) is 0.869. The first-order chi connectivity index (χ1) is 6.88. The first-order valence-corrected chi connectivity index (χ1v) is 4.49. The van der Waals surface area contributed by atoms with E-state index in [2.05, 4.69) is 6.58 Å². The summed E-state index contributed by atoms with van der Waals surface area (Å²) in [5.41, 5.74) is 0.177. The van der Waals surface area contributed by atoms with Gasteiger partial charge in [0.05, 0.1) is 0 Å². The molecule has 5 heteroatoms. The molecule has 0 radical (unpaired) electrons. The van der Waals surface area contributed by atoms with Crippen molar-refractivity contribution in [1.82, 2.24) is 0 Å². The van der Waals surface area contributed by atoms with Gasteiger partial charge in [0.2, 0.25) is 0 Å². The Morgan fingerprint density at radius 1 is 1.40 bits per heavy atom. The monoisotopic (exact) mass is 214 g/mol. The number of carbonyl (C=O) groups is 3. The van der Waals surface area contributed by atoms with Crippen LogP contribution in [0.1, 0.15) is 26.7 Å². The van der Waals surface area contributed by atoms with Crippen LogP contribution in [0, 0.1) is 0 Å². The lowest BCUT2D eigenvalue weighted by molar-refractivity contribution is -0.154. The third-order valence-corrected chi connectivity index (χ3v) is 1.65. The first-order valence-electron chi connectivity index (χ1n) is 4.49. The Balaban J connectivity index is 4.36. The molecule has 15 heavy (non-hydrogen) atoms. The van der Waals surface area contributed by atoms with Gasteiger partial charge >= 0.3 is 11.9 Å². The van der Waals surface area contributed by atoms with Crippen molar-refractivity contribution in [1.29, 1.82) is 0 Å². The van der Waals surface area contributed by atoms with E-state index in [1.54, 1.807) is 6.92 Å². The molecule has 5 nitrogen and oxygen atoms in total. The summed E-state index contributed by atoms with van der Waals surface area (Å²) in [6.45, 7) is 6.45. The second-order valence-electron chi connectivity index (χ2n) is 3.12. The molecule has 0 fully saturated rings. The number of Topliss-reactive ketones (excluding diaryl/α,β-unsaturated/α-hetero) is 1. The number of carboxylic acid groups (broad SMARTS) is 1. The van der Waals surface area contributed by atoms with Crippen LogP contribution in [0.15, 0.2) is 12.2 Å². The molecular weight excluding hydrogens is 200 g/mol. The van der Waals surface area contributed by atoms with Crippen molar-refractivity contribution in [2.24, 2.45) is 0 Å². The molecule has 0 amide bonds. The van der Waals surface area contributed by atoms with Crippen LogP contribution in [0.4, 0.5) is 0 Å². The maximum Gasteiger partial charge on any atom is 0.333 e. The van der Waals surface area contributed by atoms with Crippen molar-refractivity contribution in [3.05, 3.63) is 12.2 Å². The van der Waals surface area contributed by atoms with Crippen LogP contribution in [0.2, 0.25) is 0 Å². The lowest BCUT2D eigenvalue weighted by Crippen LogP contribution is -2.28. The Morgan fingerprint density at radius 2 is 1.93 bits per heavy atom. The van der Waals surface area contributed by atoms with E-state index in [4.69, 9.17) is 9.84 Å². The van der Waals surface area contributed by atoms with Gasteiger partial charge in [-0.25, -0.2) is 4.79 Å². The van der Waals surface area contributed by atoms with E-state index in [0.29, 0.717) is 0 Å². The summed E-state index contributed by atoms with van der Waals surface area (Å²) in [5.74, 6) is -2.52. The van der Waals surface area contributed by atoms with Crippen LogP contribution in [-0.4, -0.2) is 28.9 Å². The topological polar surface area (TPSA) is 80.7 Å². The standard InChI is InChI=1S/C10H14O5/c1-4-8(7(11)5-9(12)13)15-10(14)6(2)3/h8H,2,4-5H2,1,3H3,(H,12,13). The highest BCUT2D eigenvalue weighted by Crippen LogP contribution is 2.06. The summed E-state index contributed by atoms with van der Waals surface area (Å²) < 4.78 is 4.77. The van der Waals surface area contributed by atoms with E-state index in [0.717, 1.165) is 0 Å². The van der Waals surface area contributed by atoms with Gasteiger partial charge in [-0.3, -0.25) is 9.59 Å². The van der Waals surface area contributed by atoms with Crippen LogP contribution in [0.3, 0.4) is 0 Å². The number of hydrogen-bond donors (Lipinski definition) is 1. The quantitative estimate of drug-likeness (QED) is 0.404. The van der Waals surface area contributed by atoms with Gasteiger partial charge in [-0.2, -0.15) is 0 Å². The average molecular weight is 214 g/mol. The Hall–Kier alpha value is -1.65. The molecule has 0 saturated carbocycles. The number of esters is 1. The molecule has 0 aliphatic carbocycles. The minimum absolute atomic E-state index is 0.177. The summed E-state index contributed by atoms with van der Waals surface area (Å²) in [4.78, 5) is 32.6. The van der Waals surface area contributed by atoms with Gasteiger partial charge in [-0.1, -0.05) is 13.5 Å². The van der Waals surface area contributed by atoms with Crippen molar-refractivity contribution in [3.8, 4) is 0 Å². The molecule has 1 N–H and O–H groups in total. The maximum absolute atomic E-state index is 11.3. The van der Waals surface area contributed by atoms with Gasteiger partial charge in [0, 0.05) is 5.57 Å². The molecule has 0 rings (SSSR count). The predicted molar refractivity (Wildman–Crippen MR) is 52.2 cm³/mol. The summed E-state index contributed by atoms with van der Waals surface area (Å²) in [6, 6.07) is 0. The highest BCUT2D eigenvalue weighted by atomic mass is 16.5.